The summed E-state index contributed by atoms with van der Waals surface area (Å²) in [6.07, 6.45) is 2.11. The van der Waals surface area contributed by atoms with Gasteiger partial charge in [-0.3, -0.25) is 9.59 Å². The molecule has 130 valence electrons. The number of halogens is 1. The molecule has 0 radical (unpaired) electrons. The van der Waals surface area contributed by atoms with Crippen LogP contribution in [0, 0.1) is 5.82 Å². The zero-order chi connectivity index (χ0) is 17.8. The minimum absolute atomic E-state index is 0.0892. The second-order valence-electron chi connectivity index (χ2n) is 6.53. The fourth-order valence-electron chi connectivity index (χ4n) is 3.03. The lowest BCUT2D eigenvalue weighted by atomic mass is 10.1. The lowest BCUT2D eigenvalue weighted by Crippen LogP contribution is -3.13. The minimum Gasteiger partial charge on any atom is -0.321 e. The quantitative estimate of drug-likeness (QED) is 0.759. The molecule has 0 bridgehead atoms. The number of carbonyl (C=O) groups is 2. The number of Topliss-reactive ketones (excluding diaryl/α,β-unsaturated/α-hetero) is 1. The average molecular weight is 341 g/mol. The first-order valence-electron chi connectivity index (χ1n) is 8.52. The van der Waals surface area contributed by atoms with Crippen LogP contribution in [0.3, 0.4) is 0 Å². The molecular weight excluding hydrogens is 319 g/mol. The maximum absolute atomic E-state index is 13.9. The van der Waals surface area contributed by atoms with Crippen LogP contribution in [0.1, 0.15) is 35.7 Å². The first-order valence-corrected chi connectivity index (χ1v) is 8.52. The van der Waals surface area contributed by atoms with Crippen LogP contribution in [0.5, 0.6) is 0 Å². The van der Waals surface area contributed by atoms with Gasteiger partial charge in [-0.1, -0.05) is 30.3 Å². The fraction of sp³-hybridized carbons (Fsp3) is 0.300. The van der Waals surface area contributed by atoms with Gasteiger partial charge in [-0.25, -0.2) is 4.39 Å². The van der Waals surface area contributed by atoms with E-state index in [2.05, 4.69) is 5.32 Å². The monoisotopic (exact) mass is 341 g/mol. The summed E-state index contributed by atoms with van der Waals surface area (Å²) < 4.78 is 13.9. The van der Waals surface area contributed by atoms with Crippen LogP contribution in [0.15, 0.2) is 48.5 Å². The number of quaternary nitrogens is 1. The molecule has 0 aromatic heterocycles. The number of hydrogen-bond donors (Lipinski definition) is 2. The smallest absolute Gasteiger partial charge is 0.279 e. The van der Waals surface area contributed by atoms with Gasteiger partial charge in [0.15, 0.2) is 12.3 Å². The van der Waals surface area contributed by atoms with Crippen molar-refractivity contribution in [3.63, 3.8) is 0 Å². The summed E-state index contributed by atoms with van der Waals surface area (Å²) in [6, 6.07) is 14.1. The topological polar surface area (TPSA) is 50.6 Å². The van der Waals surface area contributed by atoms with E-state index in [1.54, 1.807) is 36.4 Å². The largest absolute Gasteiger partial charge is 0.321 e. The molecule has 5 heteroatoms. The normalized spacial score (nSPS) is 14.8. The molecule has 0 aliphatic heterocycles. The van der Waals surface area contributed by atoms with Crippen LogP contribution in [0.25, 0.3) is 0 Å². The van der Waals surface area contributed by atoms with E-state index in [0.717, 1.165) is 17.7 Å². The second kappa shape index (κ2) is 7.57. The van der Waals surface area contributed by atoms with Gasteiger partial charge in [0.05, 0.1) is 11.7 Å². The average Bonchev–Trinajstić information content (AvgIpc) is 3.41. The summed E-state index contributed by atoms with van der Waals surface area (Å²) in [5.41, 5.74) is 1.65. The predicted molar refractivity (Wildman–Crippen MR) is 94.0 cm³/mol. The third-order valence-corrected chi connectivity index (χ3v) is 4.50. The van der Waals surface area contributed by atoms with Crippen molar-refractivity contribution in [3.05, 3.63) is 65.5 Å². The molecule has 1 atom stereocenters. The second-order valence-corrected chi connectivity index (χ2v) is 6.53. The maximum atomic E-state index is 13.9. The number of ketones is 1. The van der Waals surface area contributed by atoms with Crippen molar-refractivity contribution in [2.75, 3.05) is 11.9 Å². The van der Waals surface area contributed by atoms with Crippen molar-refractivity contribution < 1.29 is 18.9 Å². The Morgan fingerprint density at radius 1 is 1.12 bits per heavy atom. The Bertz CT molecular complexity index is 787. The Morgan fingerprint density at radius 2 is 1.80 bits per heavy atom. The third-order valence-electron chi connectivity index (χ3n) is 4.50. The third kappa shape index (κ3) is 4.51. The summed E-state index contributed by atoms with van der Waals surface area (Å²) in [7, 11) is 0. The molecule has 1 aliphatic carbocycles. The number of hydrogen-bond acceptors (Lipinski definition) is 2. The van der Waals surface area contributed by atoms with E-state index in [4.69, 9.17) is 0 Å². The van der Waals surface area contributed by atoms with Gasteiger partial charge in [0, 0.05) is 24.0 Å². The van der Waals surface area contributed by atoms with Gasteiger partial charge in [0.25, 0.3) is 5.91 Å². The molecule has 4 nitrogen and oxygen atoms in total. The fourth-order valence-corrected chi connectivity index (χ4v) is 3.03. The summed E-state index contributed by atoms with van der Waals surface area (Å²) in [5.74, 6) is -0.483. The van der Waals surface area contributed by atoms with Crippen LogP contribution in [-0.2, 0) is 11.3 Å². The first-order chi connectivity index (χ1) is 12.0. The molecule has 2 aromatic rings. The number of carbonyl (C=O) groups excluding carboxylic acids is 2. The Balaban J connectivity index is 1.68. The molecule has 0 heterocycles. The van der Waals surface area contributed by atoms with Gasteiger partial charge in [-0.2, -0.15) is 0 Å². The highest BCUT2D eigenvalue weighted by atomic mass is 19.1. The van der Waals surface area contributed by atoms with Gasteiger partial charge < -0.3 is 10.2 Å². The van der Waals surface area contributed by atoms with Gasteiger partial charge in [0.1, 0.15) is 12.4 Å². The maximum Gasteiger partial charge on any atom is 0.279 e. The molecule has 2 N–H and O–H groups in total. The Kier molecular flexibility index (Phi) is 5.24. The van der Waals surface area contributed by atoms with E-state index in [9.17, 15) is 14.0 Å². The number of para-hydroxylation sites is 1. The van der Waals surface area contributed by atoms with Gasteiger partial charge in [-0.15, -0.1) is 0 Å². The van der Waals surface area contributed by atoms with Crippen LogP contribution in [-0.4, -0.2) is 24.3 Å². The Morgan fingerprint density at radius 3 is 2.48 bits per heavy atom. The molecule has 1 unspecified atom stereocenters. The standard InChI is InChI=1S/C20H21FN2O2/c1-14(24)17-7-3-5-9-19(17)22-20(25)13-23(16-10-11-16)12-15-6-2-4-8-18(15)21/h2-9,16H,10-13H2,1H3,(H,22,25)/p+1. The molecule has 0 spiro atoms. The number of rotatable bonds is 7. The van der Waals surface area contributed by atoms with E-state index >= 15 is 0 Å². The highest BCUT2D eigenvalue weighted by Crippen LogP contribution is 2.17. The van der Waals surface area contributed by atoms with E-state index < -0.39 is 0 Å². The van der Waals surface area contributed by atoms with Crippen LogP contribution in [0.2, 0.25) is 0 Å². The van der Waals surface area contributed by atoms with E-state index in [0.29, 0.717) is 29.4 Å². The van der Waals surface area contributed by atoms with Crippen LogP contribution < -0.4 is 10.2 Å². The van der Waals surface area contributed by atoms with E-state index in [1.807, 2.05) is 6.07 Å². The van der Waals surface area contributed by atoms with Crippen molar-refractivity contribution in [2.24, 2.45) is 0 Å². The first kappa shape index (κ1) is 17.3. The van der Waals surface area contributed by atoms with Crippen molar-refractivity contribution in [3.8, 4) is 0 Å². The van der Waals surface area contributed by atoms with E-state index in [1.165, 1.54) is 13.0 Å². The Labute approximate surface area is 146 Å². The molecule has 2 aromatic carbocycles. The zero-order valence-corrected chi connectivity index (χ0v) is 14.2. The van der Waals surface area contributed by atoms with Crippen molar-refractivity contribution >= 4 is 17.4 Å². The van der Waals surface area contributed by atoms with E-state index in [-0.39, 0.29) is 24.1 Å². The summed E-state index contributed by atoms with van der Waals surface area (Å²) in [4.78, 5) is 25.2. The molecule has 1 aliphatic rings. The molecule has 0 saturated heterocycles. The molecular formula is C20H22FN2O2+. The molecule has 1 saturated carbocycles. The van der Waals surface area contributed by atoms with Crippen LogP contribution >= 0.6 is 0 Å². The highest BCUT2D eigenvalue weighted by molar-refractivity contribution is 6.03. The molecule has 25 heavy (non-hydrogen) atoms. The Hall–Kier alpha value is -2.53. The number of amides is 1. The summed E-state index contributed by atoms with van der Waals surface area (Å²) in [5, 5.41) is 2.83. The van der Waals surface area contributed by atoms with Crippen molar-refractivity contribution in [1.29, 1.82) is 0 Å². The lowest BCUT2D eigenvalue weighted by Gasteiger charge is -2.19. The zero-order valence-electron chi connectivity index (χ0n) is 14.2. The van der Waals surface area contributed by atoms with Gasteiger partial charge >= 0.3 is 0 Å². The number of nitrogens with one attached hydrogen (secondary N) is 2. The van der Waals surface area contributed by atoms with Crippen molar-refractivity contribution in [2.45, 2.75) is 32.4 Å². The number of benzene rings is 2. The minimum atomic E-state index is -0.233. The SMILES string of the molecule is CC(=O)c1ccccc1NC(=O)C[NH+](Cc1ccccc1F)C1CC1. The van der Waals surface area contributed by atoms with Crippen molar-refractivity contribution in [1.82, 2.24) is 0 Å². The summed E-state index contributed by atoms with van der Waals surface area (Å²) >= 11 is 0. The molecule has 1 fully saturated rings. The molecule has 1 amide bonds. The van der Waals surface area contributed by atoms with Gasteiger partial charge in [0.2, 0.25) is 0 Å². The molecule has 3 rings (SSSR count). The lowest BCUT2D eigenvalue weighted by molar-refractivity contribution is -0.917. The number of anilines is 1. The summed E-state index contributed by atoms with van der Waals surface area (Å²) in [6.45, 7) is 2.22. The predicted octanol–water partition coefficient (Wildman–Crippen LogP) is 2.21. The van der Waals surface area contributed by atoms with Crippen LogP contribution in [0.4, 0.5) is 10.1 Å². The van der Waals surface area contributed by atoms with Gasteiger partial charge in [-0.05, 0) is 25.1 Å². The highest BCUT2D eigenvalue weighted by Gasteiger charge is 2.35.